The van der Waals surface area contributed by atoms with Gasteiger partial charge in [-0.05, 0) is 36.8 Å². The zero-order chi connectivity index (χ0) is 16.7. The SMILES string of the molecule is Cc1ccc2nc(N3Cc4ccccc4SC(C)C3)cc(Cl)c2c1. The van der Waals surface area contributed by atoms with Crippen molar-refractivity contribution in [1.29, 1.82) is 0 Å². The Labute approximate surface area is 151 Å². The van der Waals surface area contributed by atoms with Crippen LogP contribution in [0.4, 0.5) is 5.82 Å². The van der Waals surface area contributed by atoms with E-state index in [1.165, 1.54) is 16.0 Å². The Kier molecular flexibility index (Phi) is 4.15. The number of halogens is 1. The first-order valence-electron chi connectivity index (χ1n) is 8.16. The molecule has 1 aliphatic heterocycles. The predicted molar refractivity (Wildman–Crippen MR) is 104 cm³/mol. The summed E-state index contributed by atoms with van der Waals surface area (Å²) < 4.78 is 0. The highest BCUT2D eigenvalue weighted by Gasteiger charge is 2.21. The molecule has 0 radical (unpaired) electrons. The van der Waals surface area contributed by atoms with Crippen LogP contribution < -0.4 is 4.90 Å². The van der Waals surface area contributed by atoms with Crippen LogP contribution in [-0.4, -0.2) is 16.8 Å². The van der Waals surface area contributed by atoms with Crippen LogP contribution in [0.15, 0.2) is 53.4 Å². The number of pyridine rings is 1. The smallest absolute Gasteiger partial charge is 0.131 e. The molecule has 2 heterocycles. The summed E-state index contributed by atoms with van der Waals surface area (Å²) in [5, 5.41) is 2.30. The molecule has 4 rings (SSSR count). The van der Waals surface area contributed by atoms with Gasteiger partial charge in [-0.25, -0.2) is 4.98 Å². The molecule has 0 saturated carbocycles. The van der Waals surface area contributed by atoms with Gasteiger partial charge in [-0.3, -0.25) is 0 Å². The quantitative estimate of drug-likeness (QED) is 0.557. The van der Waals surface area contributed by atoms with Gasteiger partial charge >= 0.3 is 0 Å². The van der Waals surface area contributed by atoms with Crippen molar-refractivity contribution in [2.45, 2.75) is 30.5 Å². The third kappa shape index (κ3) is 2.99. The zero-order valence-electron chi connectivity index (χ0n) is 13.8. The Morgan fingerprint density at radius 2 is 2.00 bits per heavy atom. The van der Waals surface area contributed by atoms with Crippen molar-refractivity contribution >= 4 is 40.1 Å². The maximum atomic E-state index is 6.56. The molecule has 0 aliphatic carbocycles. The van der Waals surface area contributed by atoms with Crippen LogP contribution in [0.1, 0.15) is 18.1 Å². The fraction of sp³-hybridized carbons (Fsp3) is 0.250. The molecule has 1 atom stereocenters. The van der Waals surface area contributed by atoms with E-state index in [2.05, 4.69) is 61.2 Å². The molecule has 2 nitrogen and oxygen atoms in total. The molecule has 3 aromatic rings. The Morgan fingerprint density at radius 3 is 2.88 bits per heavy atom. The topological polar surface area (TPSA) is 16.1 Å². The highest BCUT2D eigenvalue weighted by molar-refractivity contribution is 8.00. The number of aryl methyl sites for hydroxylation is 1. The minimum absolute atomic E-state index is 0.503. The number of anilines is 1. The van der Waals surface area contributed by atoms with Crippen molar-refractivity contribution < 1.29 is 0 Å². The number of rotatable bonds is 1. The van der Waals surface area contributed by atoms with Gasteiger partial charge in [0.05, 0.1) is 10.5 Å². The second-order valence-electron chi connectivity index (χ2n) is 6.40. The molecule has 0 bridgehead atoms. The molecule has 0 saturated heterocycles. The number of hydrogen-bond acceptors (Lipinski definition) is 3. The lowest BCUT2D eigenvalue weighted by atomic mass is 10.1. The fourth-order valence-electron chi connectivity index (χ4n) is 3.21. The van der Waals surface area contributed by atoms with Gasteiger partial charge in [-0.1, -0.05) is 48.4 Å². The summed E-state index contributed by atoms with van der Waals surface area (Å²) in [7, 11) is 0. The van der Waals surface area contributed by atoms with Crippen molar-refractivity contribution in [2.75, 3.05) is 11.4 Å². The molecule has 2 aromatic carbocycles. The Morgan fingerprint density at radius 1 is 1.17 bits per heavy atom. The van der Waals surface area contributed by atoms with Crippen LogP contribution in [0.3, 0.4) is 0 Å². The standard InChI is InChI=1S/C20H19ClN2S/c1-13-7-8-18-16(9-13)17(21)10-20(22-18)23-11-14(2)24-19-6-4-3-5-15(19)12-23/h3-10,14H,11-12H2,1-2H3. The second kappa shape index (κ2) is 6.30. The number of benzene rings is 2. The molecule has 0 fully saturated rings. The molecular formula is C20H19ClN2S. The van der Waals surface area contributed by atoms with E-state index in [9.17, 15) is 0 Å². The highest BCUT2D eigenvalue weighted by atomic mass is 35.5. The molecule has 122 valence electrons. The maximum absolute atomic E-state index is 6.56. The van der Waals surface area contributed by atoms with E-state index in [0.717, 1.165) is 34.8 Å². The van der Waals surface area contributed by atoms with Gasteiger partial charge in [-0.15, -0.1) is 11.8 Å². The van der Waals surface area contributed by atoms with Crippen molar-refractivity contribution in [1.82, 2.24) is 4.98 Å². The monoisotopic (exact) mass is 354 g/mol. The largest absolute Gasteiger partial charge is 0.351 e. The normalized spacial score (nSPS) is 17.6. The number of thioether (sulfide) groups is 1. The lowest BCUT2D eigenvalue weighted by Crippen LogP contribution is -2.28. The van der Waals surface area contributed by atoms with Crippen LogP contribution in [0, 0.1) is 6.92 Å². The van der Waals surface area contributed by atoms with E-state index in [4.69, 9.17) is 16.6 Å². The number of nitrogens with zero attached hydrogens (tertiary/aromatic N) is 2. The summed E-state index contributed by atoms with van der Waals surface area (Å²) in [6, 6.07) is 16.9. The number of fused-ring (bicyclic) bond motifs is 2. The van der Waals surface area contributed by atoms with E-state index in [-0.39, 0.29) is 0 Å². The predicted octanol–water partition coefficient (Wildman–Crippen LogP) is 5.70. The molecule has 0 amide bonds. The molecule has 0 spiro atoms. The summed E-state index contributed by atoms with van der Waals surface area (Å²) in [6.45, 7) is 6.17. The number of aromatic nitrogens is 1. The molecule has 24 heavy (non-hydrogen) atoms. The van der Waals surface area contributed by atoms with Gasteiger partial charge in [0.2, 0.25) is 0 Å². The van der Waals surface area contributed by atoms with Gasteiger partial charge in [0.1, 0.15) is 5.82 Å². The molecule has 1 unspecified atom stereocenters. The average molecular weight is 355 g/mol. The average Bonchev–Trinajstić information content (AvgIpc) is 2.73. The first-order valence-corrected chi connectivity index (χ1v) is 9.42. The van der Waals surface area contributed by atoms with Gasteiger partial charge in [0.25, 0.3) is 0 Å². The molecule has 1 aliphatic rings. The van der Waals surface area contributed by atoms with Crippen LogP contribution in [0.2, 0.25) is 5.02 Å². The van der Waals surface area contributed by atoms with E-state index < -0.39 is 0 Å². The minimum atomic E-state index is 0.503. The zero-order valence-corrected chi connectivity index (χ0v) is 15.4. The maximum Gasteiger partial charge on any atom is 0.131 e. The van der Waals surface area contributed by atoms with Crippen molar-refractivity contribution in [3.8, 4) is 0 Å². The molecule has 1 aromatic heterocycles. The van der Waals surface area contributed by atoms with Crippen molar-refractivity contribution in [3.05, 3.63) is 64.7 Å². The highest BCUT2D eigenvalue weighted by Crippen LogP contribution is 2.35. The molecule has 4 heteroatoms. The van der Waals surface area contributed by atoms with Gasteiger partial charge in [-0.2, -0.15) is 0 Å². The Hall–Kier alpha value is -1.71. The lowest BCUT2D eigenvalue weighted by Gasteiger charge is -2.24. The van der Waals surface area contributed by atoms with Gasteiger partial charge in [0.15, 0.2) is 0 Å². The van der Waals surface area contributed by atoms with Crippen molar-refractivity contribution in [3.63, 3.8) is 0 Å². The second-order valence-corrected chi connectivity index (χ2v) is 8.29. The summed E-state index contributed by atoms with van der Waals surface area (Å²) in [6.07, 6.45) is 0. The number of hydrogen-bond donors (Lipinski definition) is 0. The minimum Gasteiger partial charge on any atom is -0.351 e. The van der Waals surface area contributed by atoms with Crippen LogP contribution >= 0.6 is 23.4 Å². The van der Waals surface area contributed by atoms with Gasteiger partial charge in [0, 0.05) is 28.6 Å². The van der Waals surface area contributed by atoms with Crippen LogP contribution in [0.5, 0.6) is 0 Å². The summed E-state index contributed by atoms with van der Waals surface area (Å²) in [5.74, 6) is 0.959. The van der Waals surface area contributed by atoms with E-state index >= 15 is 0 Å². The third-order valence-electron chi connectivity index (χ3n) is 4.36. The van der Waals surface area contributed by atoms with E-state index in [0.29, 0.717) is 5.25 Å². The summed E-state index contributed by atoms with van der Waals surface area (Å²) >= 11 is 8.50. The summed E-state index contributed by atoms with van der Waals surface area (Å²) in [5.41, 5.74) is 3.52. The summed E-state index contributed by atoms with van der Waals surface area (Å²) in [4.78, 5) is 8.59. The Bertz CT molecular complexity index is 909. The van der Waals surface area contributed by atoms with E-state index in [1.807, 2.05) is 17.8 Å². The van der Waals surface area contributed by atoms with Crippen LogP contribution in [0.25, 0.3) is 10.9 Å². The molecular weight excluding hydrogens is 336 g/mol. The Balaban J connectivity index is 1.78. The van der Waals surface area contributed by atoms with Crippen molar-refractivity contribution in [2.24, 2.45) is 0 Å². The first-order chi connectivity index (χ1) is 11.6. The first kappa shape index (κ1) is 15.8. The van der Waals surface area contributed by atoms with E-state index in [1.54, 1.807) is 0 Å². The van der Waals surface area contributed by atoms with Gasteiger partial charge < -0.3 is 4.90 Å². The lowest BCUT2D eigenvalue weighted by molar-refractivity contribution is 0.772. The third-order valence-corrected chi connectivity index (χ3v) is 5.88. The fourth-order valence-corrected chi connectivity index (χ4v) is 4.58. The molecule has 0 N–H and O–H groups in total. The van der Waals surface area contributed by atoms with Crippen LogP contribution in [-0.2, 0) is 6.54 Å².